The molecule has 0 aliphatic rings. The van der Waals surface area contributed by atoms with Gasteiger partial charge in [-0.25, -0.2) is 0 Å². The smallest absolute Gasteiger partial charge is 0.483 e. The van der Waals surface area contributed by atoms with E-state index in [1.54, 1.807) is 20.4 Å². The van der Waals surface area contributed by atoms with Gasteiger partial charge in [-0.3, -0.25) is 9.59 Å². The van der Waals surface area contributed by atoms with Gasteiger partial charge in [0.1, 0.15) is 0 Å². The van der Waals surface area contributed by atoms with Crippen molar-refractivity contribution in [1.82, 2.24) is 0 Å². The fourth-order valence-electron chi connectivity index (χ4n) is 1.11. The highest BCUT2D eigenvalue weighted by Gasteiger charge is 2.58. The first-order valence-electron chi connectivity index (χ1n) is 4.78. The van der Waals surface area contributed by atoms with Crippen LogP contribution >= 0.6 is 34.8 Å². The number of thiocarbonyl (C=S) groups is 1. The lowest BCUT2D eigenvalue weighted by molar-refractivity contribution is -0.140. The molecule has 0 fully saturated rings. The summed E-state index contributed by atoms with van der Waals surface area (Å²) in [6.07, 6.45) is 0. The third kappa shape index (κ3) is 5.30. The van der Waals surface area contributed by atoms with Gasteiger partial charge >= 0.3 is 8.56 Å². The zero-order valence-electron chi connectivity index (χ0n) is 10.3. The van der Waals surface area contributed by atoms with Crippen LogP contribution in [-0.2, 0) is 23.2 Å². The molecule has 0 aromatic rings. The van der Waals surface area contributed by atoms with Crippen molar-refractivity contribution in [2.24, 2.45) is 0 Å². The number of carbonyl (C=O) groups excluding carboxylic acids is 2. The highest BCUT2D eigenvalue weighted by atomic mass is 127. The molecule has 0 radical (unpaired) electrons. The second-order valence-corrected chi connectivity index (χ2v) is 10.5. The molecule has 1 atom stereocenters. The Balaban J connectivity index is 5.20. The Labute approximate surface area is 121 Å². The topological polar surface area (TPSA) is 61.8 Å². The van der Waals surface area contributed by atoms with E-state index in [-0.39, 0.29) is 0 Å². The molecule has 0 saturated heterocycles. The van der Waals surface area contributed by atoms with E-state index in [0.29, 0.717) is 5.05 Å². The van der Waals surface area contributed by atoms with E-state index in [1.165, 1.54) is 13.8 Å². The molecule has 0 rings (SSSR count). The Morgan fingerprint density at radius 3 is 1.76 bits per heavy atom. The van der Waals surface area contributed by atoms with E-state index in [0.717, 1.165) is 0 Å². The Morgan fingerprint density at radius 1 is 1.18 bits per heavy atom. The number of carbonyl (C=O) groups is 2. The summed E-state index contributed by atoms with van der Waals surface area (Å²) in [5.41, 5.74) is 0. The quantitative estimate of drug-likeness (QED) is 0.318. The number of alkyl halides is 1. The van der Waals surface area contributed by atoms with Gasteiger partial charge in [0.25, 0.3) is 11.9 Å². The number of hydrogen-bond acceptors (Lipinski definition) is 6. The molecule has 0 amide bonds. The summed E-state index contributed by atoms with van der Waals surface area (Å²) in [5, 5.41) is 0.292. The molecule has 1 unspecified atom stereocenters. The summed E-state index contributed by atoms with van der Waals surface area (Å²) in [4.78, 5) is 22.2. The van der Waals surface area contributed by atoms with E-state index in [9.17, 15) is 9.59 Å². The molecule has 0 bridgehead atoms. The molecule has 5 nitrogen and oxygen atoms in total. The second-order valence-electron chi connectivity index (χ2n) is 3.64. The minimum Gasteiger partial charge on any atom is -0.483 e. The summed E-state index contributed by atoms with van der Waals surface area (Å²) in [7, 11) is -3.19. The number of halogens is 1. The van der Waals surface area contributed by atoms with Crippen LogP contribution in [-0.4, -0.2) is 28.8 Å². The van der Waals surface area contributed by atoms with Gasteiger partial charge < -0.3 is 13.6 Å². The van der Waals surface area contributed by atoms with Crippen LogP contribution in [0.25, 0.3) is 0 Å². The molecule has 8 heteroatoms. The monoisotopic (exact) mass is 390 g/mol. The molecule has 0 spiro atoms. The summed E-state index contributed by atoms with van der Waals surface area (Å²) >= 11 is 6.79. The van der Waals surface area contributed by atoms with E-state index >= 15 is 0 Å². The van der Waals surface area contributed by atoms with Crippen molar-refractivity contribution in [1.29, 1.82) is 0 Å². The predicted molar refractivity (Wildman–Crippen MR) is 76.9 cm³/mol. The van der Waals surface area contributed by atoms with Crippen molar-refractivity contribution in [3.05, 3.63) is 0 Å². The van der Waals surface area contributed by atoms with Crippen LogP contribution in [0.15, 0.2) is 0 Å². The Morgan fingerprint density at radius 2 is 1.53 bits per heavy atom. The average molecular weight is 390 g/mol. The van der Waals surface area contributed by atoms with Crippen molar-refractivity contribution in [3.63, 3.8) is 0 Å². The normalized spacial score (nSPS) is 14.5. The van der Waals surface area contributed by atoms with Gasteiger partial charge in [0.15, 0.2) is 5.05 Å². The number of ether oxygens (including phenoxy) is 1. The Hall–Kier alpha value is -0.223. The molecule has 0 saturated carbocycles. The Kier molecular flexibility index (Phi) is 6.01. The molecular formula is C9H15IO5SSi. The van der Waals surface area contributed by atoms with Gasteiger partial charge in [0.2, 0.25) is 3.23 Å². The average Bonchev–Trinajstić information content (AvgIpc) is 1.96. The first-order chi connectivity index (χ1) is 7.50. The predicted octanol–water partition coefficient (Wildman–Crippen LogP) is 2.24. The minimum absolute atomic E-state index is 0.292. The molecule has 0 aliphatic heterocycles. The van der Waals surface area contributed by atoms with Gasteiger partial charge in [-0.2, -0.15) is 0 Å². The lowest BCUT2D eigenvalue weighted by Crippen LogP contribution is -2.59. The number of rotatable bonds is 4. The summed E-state index contributed by atoms with van der Waals surface area (Å²) in [5.74, 6) is -1.04. The molecule has 0 aromatic heterocycles. The molecule has 0 heterocycles. The van der Waals surface area contributed by atoms with Crippen LogP contribution in [0.5, 0.6) is 0 Å². The standard InChI is InChI=1S/C9H15IO5SSi/c1-6(11)14-17(5,15-7(2)12)9(4,10)13-8(3)16/h1-5H3. The molecule has 17 heavy (non-hydrogen) atoms. The number of hydrogen-bond donors (Lipinski definition) is 0. The van der Waals surface area contributed by atoms with Gasteiger partial charge in [-0.1, -0.05) is 0 Å². The first-order valence-corrected chi connectivity index (χ1v) is 8.58. The van der Waals surface area contributed by atoms with Crippen LogP contribution in [0.2, 0.25) is 6.55 Å². The molecule has 98 valence electrons. The molecule has 0 N–H and O–H groups in total. The molecule has 0 aromatic carbocycles. The van der Waals surface area contributed by atoms with E-state index in [1.807, 2.05) is 22.6 Å². The van der Waals surface area contributed by atoms with Crippen molar-refractivity contribution >= 4 is 60.4 Å². The third-order valence-electron chi connectivity index (χ3n) is 1.82. The lowest BCUT2D eigenvalue weighted by Gasteiger charge is -2.36. The van der Waals surface area contributed by atoms with Crippen LogP contribution in [0.4, 0.5) is 0 Å². The maximum atomic E-state index is 11.1. The molecular weight excluding hydrogens is 375 g/mol. The lowest BCUT2D eigenvalue weighted by atomic mass is 10.8. The minimum atomic E-state index is -3.19. The van der Waals surface area contributed by atoms with Crippen molar-refractivity contribution in [2.45, 2.75) is 37.5 Å². The van der Waals surface area contributed by atoms with Gasteiger partial charge in [0.05, 0.1) is 0 Å². The zero-order valence-corrected chi connectivity index (χ0v) is 14.3. The summed E-state index contributed by atoms with van der Waals surface area (Å²) < 4.78 is 14.8. The Bertz CT molecular complexity index is 328. The summed E-state index contributed by atoms with van der Waals surface area (Å²) in [6, 6.07) is 0. The van der Waals surface area contributed by atoms with E-state index in [4.69, 9.17) is 25.8 Å². The van der Waals surface area contributed by atoms with Gasteiger partial charge in [-0.15, -0.1) is 0 Å². The summed E-state index contributed by atoms with van der Waals surface area (Å²) in [6.45, 7) is 7.36. The van der Waals surface area contributed by atoms with Gasteiger partial charge in [0, 0.05) is 27.3 Å². The van der Waals surface area contributed by atoms with Crippen molar-refractivity contribution in [3.8, 4) is 0 Å². The maximum absolute atomic E-state index is 11.1. The van der Waals surface area contributed by atoms with Crippen LogP contribution in [0, 0.1) is 0 Å². The largest absolute Gasteiger partial charge is 0.517 e. The van der Waals surface area contributed by atoms with E-state index < -0.39 is 23.7 Å². The fourth-order valence-corrected chi connectivity index (χ4v) is 4.34. The van der Waals surface area contributed by atoms with Crippen molar-refractivity contribution < 1.29 is 23.2 Å². The zero-order chi connectivity index (χ0) is 13.9. The SMILES string of the molecule is CC(=O)O[Si](C)(OC(C)=O)C(C)(I)OC(C)=S. The van der Waals surface area contributed by atoms with E-state index in [2.05, 4.69) is 0 Å². The van der Waals surface area contributed by atoms with Crippen molar-refractivity contribution in [2.75, 3.05) is 0 Å². The highest BCUT2D eigenvalue weighted by Crippen LogP contribution is 2.34. The van der Waals surface area contributed by atoms with Crippen LogP contribution in [0.1, 0.15) is 27.7 Å². The third-order valence-corrected chi connectivity index (χ3v) is 8.14. The maximum Gasteiger partial charge on any atom is 0.517 e. The highest BCUT2D eigenvalue weighted by molar-refractivity contribution is 14.1. The first kappa shape index (κ1) is 16.8. The fraction of sp³-hybridized carbons (Fsp3) is 0.667. The molecule has 0 aliphatic carbocycles. The van der Waals surface area contributed by atoms with Crippen LogP contribution < -0.4 is 0 Å². The second kappa shape index (κ2) is 6.09. The van der Waals surface area contributed by atoms with Gasteiger partial charge in [-0.05, 0) is 41.7 Å². The van der Waals surface area contributed by atoms with Crippen LogP contribution in [0.3, 0.4) is 0 Å².